The molecule has 0 saturated heterocycles. The van der Waals surface area contributed by atoms with E-state index in [1.54, 1.807) is 12.5 Å². The van der Waals surface area contributed by atoms with Crippen LogP contribution >= 0.6 is 24.8 Å². The minimum Gasteiger partial charge on any atom is -0.349 e. The van der Waals surface area contributed by atoms with Gasteiger partial charge in [0.1, 0.15) is 0 Å². The Morgan fingerprint density at radius 3 is 2.56 bits per heavy atom. The lowest BCUT2D eigenvalue weighted by atomic mass is 9.84. The maximum Gasteiger partial charge on any atom is 0.251 e. The van der Waals surface area contributed by atoms with E-state index in [0.29, 0.717) is 18.0 Å². The first-order chi connectivity index (χ1) is 11.3. The Kier molecular flexibility index (Phi) is 8.97. The third-order valence-electron chi connectivity index (χ3n) is 4.67. The highest BCUT2D eigenvalue weighted by Crippen LogP contribution is 2.23. The summed E-state index contributed by atoms with van der Waals surface area (Å²) >= 11 is 0. The van der Waals surface area contributed by atoms with Crippen molar-refractivity contribution in [1.82, 2.24) is 14.9 Å². The van der Waals surface area contributed by atoms with Crippen LogP contribution in [0.3, 0.4) is 0 Å². The summed E-state index contributed by atoms with van der Waals surface area (Å²) in [6.45, 7) is 1.41. The van der Waals surface area contributed by atoms with Crippen LogP contribution in [0.1, 0.15) is 41.6 Å². The summed E-state index contributed by atoms with van der Waals surface area (Å²) in [5.74, 6) is 0.415. The average Bonchev–Trinajstić information content (AvgIpc) is 3.09. The number of hydrogen-bond acceptors (Lipinski definition) is 3. The molecule has 1 fully saturated rings. The molecule has 1 amide bonds. The van der Waals surface area contributed by atoms with Crippen molar-refractivity contribution in [2.75, 3.05) is 6.54 Å². The number of nitrogens with one attached hydrogen (secondary N) is 1. The molecule has 138 valence electrons. The van der Waals surface area contributed by atoms with Gasteiger partial charge in [0.05, 0.1) is 6.33 Å². The zero-order chi connectivity index (χ0) is 16.1. The molecule has 1 saturated carbocycles. The second-order valence-electron chi connectivity index (χ2n) is 6.29. The first kappa shape index (κ1) is 21.5. The van der Waals surface area contributed by atoms with Crippen LogP contribution in [0.15, 0.2) is 43.0 Å². The molecule has 2 unspecified atom stereocenters. The monoisotopic (exact) mass is 384 g/mol. The fourth-order valence-corrected chi connectivity index (χ4v) is 3.28. The van der Waals surface area contributed by atoms with Gasteiger partial charge in [0.25, 0.3) is 5.91 Å². The number of nitrogens with two attached hydrogens (primary N) is 1. The van der Waals surface area contributed by atoms with E-state index < -0.39 is 0 Å². The summed E-state index contributed by atoms with van der Waals surface area (Å²) in [5.41, 5.74) is 7.69. The van der Waals surface area contributed by atoms with Gasteiger partial charge in [-0.05, 0) is 43.0 Å². The highest BCUT2D eigenvalue weighted by atomic mass is 35.5. The highest BCUT2D eigenvalue weighted by Gasteiger charge is 2.25. The molecule has 1 heterocycles. The number of halogens is 2. The molecule has 1 aromatic heterocycles. The molecule has 0 aliphatic heterocycles. The van der Waals surface area contributed by atoms with E-state index in [4.69, 9.17) is 5.73 Å². The number of imidazole rings is 1. The summed E-state index contributed by atoms with van der Waals surface area (Å²) in [6.07, 6.45) is 10.0. The molecule has 7 heteroatoms. The van der Waals surface area contributed by atoms with E-state index in [2.05, 4.69) is 10.3 Å². The van der Waals surface area contributed by atoms with Gasteiger partial charge in [0.2, 0.25) is 0 Å². The molecule has 2 aromatic rings. The standard InChI is InChI=1S/C18H24N4O.2ClH/c19-11-16-3-1-2-4-17(16)21-18(23)15-7-5-14(6-8-15)12-22-10-9-20-13-22;;/h5-10,13,16-17H,1-4,11-12,19H2,(H,21,23);2*1H. The Bertz CT molecular complexity index is 631. The van der Waals surface area contributed by atoms with Gasteiger partial charge in [0, 0.05) is 30.5 Å². The van der Waals surface area contributed by atoms with Crippen LogP contribution in [0, 0.1) is 5.92 Å². The number of hydrogen-bond donors (Lipinski definition) is 2. The second-order valence-corrected chi connectivity index (χ2v) is 6.29. The van der Waals surface area contributed by atoms with Gasteiger partial charge in [-0.2, -0.15) is 0 Å². The fraction of sp³-hybridized carbons (Fsp3) is 0.444. The summed E-state index contributed by atoms with van der Waals surface area (Å²) in [7, 11) is 0. The van der Waals surface area contributed by atoms with Crippen LogP contribution in [0.4, 0.5) is 0 Å². The summed E-state index contributed by atoms with van der Waals surface area (Å²) < 4.78 is 2.00. The number of aromatic nitrogens is 2. The predicted molar refractivity (Wildman–Crippen MR) is 105 cm³/mol. The molecule has 1 aromatic carbocycles. The molecule has 0 radical (unpaired) electrons. The number of carbonyl (C=O) groups is 1. The van der Waals surface area contributed by atoms with Crippen LogP contribution in [0.2, 0.25) is 0 Å². The molecule has 3 rings (SSSR count). The zero-order valence-corrected chi connectivity index (χ0v) is 15.8. The molecule has 5 nitrogen and oxygen atoms in total. The van der Waals surface area contributed by atoms with E-state index in [1.165, 1.54) is 12.8 Å². The molecule has 0 spiro atoms. The van der Waals surface area contributed by atoms with E-state index in [1.807, 2.05) is 35.0 Å². The van der Waals surface area contributed by atoms with E-state index in [0.717, 1.165) is 24.9 Å². The molecular formula is C18H26Cl2N4O. The SMILES string of the molecule is Cl.Cl.NCC1CCCCC1NC(=O)c1ccc(Cn2ccnc2)cc1. The molecule has 1 aliphatic carbocycles. The average molecular weight is 385 g/mol. The number of amides is 1. The van der Waals surface area contributed by atoms with Crippen molar-refractivity contribution in [2.24, 2.45) is 11.7 Å². The number of rotatable bonds is 5. The fourth-order valence-electron chi connectivity index (χ4n) is 3.28. The van der Waals surface area contributed by atoms with Crippen LogP contribution in [0.25, 0.3) is 0 Å². The van der Waals surface area contributed by atoms with Gasteiger partial charge in [-0.25, -0.2) is 4.98 Å². The molecule has 1 aliphatic rings. The summed E-state index contributed by atoms with van der Waals surface area (Å²) in [6, 6.07) is 7.99. The topological polar surface area (TPSA) is 72.9 Å². The van der Waals surface area contributed by atoms with Gasteiger partial charge in [-0.1, -0.05) is 25.0 Å². The van der Waals surface area contributed by atoms with E-state index in [-0.39, 0.29) is 36.8 Å². The maximum atomic E-state index is 12.4. The minimum atomic E-state index is 0. The van der Waals surface area contributed by atoms with Crippen LogP contribution in [-0.4, -0.2) is 28.0 Å². The van der Waals surface area contributed by atoms with Crippen molar-refractivity contribution in [1.29, 1.82) is 0 Å². The number of nitrogens with zero attached hydrogens (tertiary/aromatic N) is 2. The van der Waals surface area contributed by atoms with Crippen molar-refractivity contribution in [2.45, 2.75) is 38.3 Å². The smallest absolute Gasteiger partial charge is 0.251 e. The van der Waals surface area contributed by atoms with Crippen molar-refractivity contribution in [3.8, 4) is 0 Å². The molecule has 25 heavy (non-hydrogen) atoms. The van der Waals surface area contributed by atoms with Gasteiger partial charge >= 0.3 is 0 Å². The van der Waals surface area contributed by atoms with Crippen LogP contribution in [0.5, 0.6) is 0 Å². The van der Waals surface area contributed by atoms with Crippen molar-refractivity contribution in [3.63, 3.8) is 0 Å². The predicted octanol–water partition coefficient (Wildman–Crippen LogP) is 3.02. The van der Waals surface area contributed by atoms with Gasteiger partial charge in [0.15, 0.2) is 0 Å². The van der Waals surface area contributed by atoms with E-state index >= 15 is 0 Å². The minimum absolute atomic E-state index is 0. The molecule has 0 bridgehead atoms. The van der Waals surface area contributed by atoms with Crippen molar-refractivity contribution >= 4 is 30.7 Å². The lowest BCUT2D eigenvalue weighted by Gasteiger charge is -2.31. The third-order valence-corrected chi connectivity index (χ3v) is 4.67. The number of carbonyl (C=O) groups excluding carboxylic acids is 1. The Morgan fingerprint density at radius 1 is 1.20 bits per heavy atom. The highest BCUT2D eigenvalue weighted by molar-refractivity contribution is 5.94. The zero-order valence-electron chi connectivity index (χ0n) is 14.1. The van der Waals surface area contributed by atoms with E-state index in [9.17, 15) is 4.79 Å². The normalized spacial score (nSPS) is 19.4. The largest absolute Gasteiger partial charge is 0.349 e. The van der Waals surface area contributed by atoms with Crippen LogP contribution < -0.4 is 11.1 Å². The maximum absolute atomic E-state index is 12.4. The Morgan fingerprint density at radius 2 is 1.92 bits per heavy atom. The Labute approximate surface area is 161 Å². The Hall–Kier alpha value is -1.56. The van der Waals surface area contributed by atoms with Gasteiger partial charge in [-0.15, -0.1) is 24.8 Å². The number of benzene rings is 1. The summed E-state index contributed by atoms with van der Waals surface area (Å²) in [4.78, 5) is 16.5. The van der Waals surface area contributed by atoms with Crippen molar-refractivity contribution in [3.05, 3.63) is 54.1 Å². The first-order valence-electron chi connectivity index (χ1n) is 8.32. The lowest BCUT2D eigenvalue weighted by molar-refractivity contribution is 0.0908. The van der Waals surface area contributed by atoms with Gasteiger partial charge < -0.3 is 15.6 Å². The Balaban J connectivity index is 0.00000156. The first-order valence-corrected chi connectivity index (χ1v) is 8.32. The van der Waals surface area contributed by atoms with Crippen molar-refractivity contribution < 1.29 is 4.79 Å². The summed E-state index contributed by atoms with van der Waals surface area (Å²) in [5, 5.41) is 3.17. The second kappa shape index (κ2) is 10.4. The quantitative estimate of drug-likeness (QED) is 0.831. The third kappa shape index (κ3) is 5.73. The molecule has 2 atom stereocenters. The van der Waals surface area contributed by atoms with Crippen LogP contribution in [-0.2, 0) is 6.54 Å². The molecular weight excluding hydrogens is 359 g/mol. The lowest BCUT2D eigenvalue weighted by Crippen LogP contribution is -2.44. The van der Waals surface area contributed by atoms with Gasteiger partial charge in [-0.3, -0.25) is 4.79 Å². The molecule has 3 N–H and O–H groups in total.